The first-order valence-corrected chi connectivity index (χ1v) is 17.9. The minimum absolute atomic E-state index is 0.0262. The third-order valence-electron chi connectivity index (χ3n) is 8.53. The second kappa shape index (κ2) is 25.7. The summed E-state index contributed by atoms with van der Waals surface area (Å²) in [5, 5.41) is 21.7. The Labute approximate surface area is 259 Å². The van der Waals surface area contributed by atoms with E-state index >= 15 is 0 Å². The molecule has 5 nitrogen and oxygen atoms in total. The second-order valence-electron chi connectivity index (χ2n) is 12.3. The van der Waals surface area contributed by atoms with E-state index in [9.17, 15) is 15.0 Å². The van der Waals surface area contributed by atoms with Crippen LogP contribution in [0.25, 0.3) is 0 Å². The lowest BCUT2D eigenvalue weighted by Gasteiger charge is -2.23. The van der Waals surface area contributed by atoms with Gasteiger partial charge in [0.15, 0.2) is 5.75 Å². The average molecular weight is 591 g/mol. The van der Waals surface area contributed by atoms with Crippen molar-refractivity contribution in [2.24, 2.45) is 0 Å². The van der Waals surface area contributed by atoms with Crippen molar-refractivity contribution >= 4 is 5.97 Å². The fourth-order valence-electron chi connectivity index (χ4n) is 5.97. The molecule has 0 spiro atoms. The summed E-state index contributed by atoms with van der Waals surface area (Å²) >= 11 is 0. The van der Waals surface area contributed by atoms with Crippen molar-refractivity contribution in [3.8, 4) is 11.5 Å². The van der Waals surface area contributed by atoms with Crippen molar-refractivity contribution < 1.29 is 24.8 Å². The van der Waals surface area contributed by atoms with E-state index in [0.29, 0.717) is 13.0 Å². The molecule has 0 amide bonds. The zero-order chi connectivity index (χ0) is 30.8. The van der Waals surface area contributed by atoms with E-state index in [1.54, 1.807) is 0 Å². The van der Waals surface area contributed by atoms with Crippen LogP contribution in [0.1, 0.15) is 196 Å². The number of rotatable bonds is 29. The predicted molar refractivity (Wildman–Crippen MR) is 177 cm³/mol. The molecule has 1 rings (SSSR count). The van der Waals surface area contributed by atoms with E-state index in [4.69, 9.17) is 9.78 Å². The first-order valence-electron chi connectivity index (χ1n) is 17.9. The van der Waals surface area contributed by atoms with Gasteiger partial charge in [-0.25, -0.2) is 4.79 Å². The number of aromatic hydroxyl groups is 1. The normalized spacial score (nSPS) is 11.3. The van der Waals surface area contributed by atoms with E-state index in [0.717, 1.165) is 87.3 Å². The van der Waals surface area contributed by atoms with Gasteiger partial charge in [0.1, 0.15) is 5.56 Å². The van der Waals surface area contributed by atoms with E-state index < -0.39 is 5.97 Å². The van der Waals surface area contributed by atoms with E-state index in [1.807, 2.05) is 0 Å². The van der Waals surface area contributed by atoms with Gasteiger partial charge in [0, 0.05) is 5.56 Å². The highest BCUT2D eigenvalue weighted by atomic mass is 17.2. The Hall–Kier alpha value is -1.75. The second-order valence-corrected chi connectivity index (χ2v) is 12.3. The maximum atomic E-state index is 12.6. The van der Waals surface area contributed by atoms with Crippen molar-refractivity contribution in [2.45, 2.75) is 188 Å². The highest BCUT2D eigenvalue weighted by Gasteiger charge is 2.28. The number of unbranched alkanes of at least 4 members (excludes halogenated alkanes) is 18. The molecule has 0 unspecified atom stereocenters. The van der Waals surface area contributed by atoms with Gasteiger partial charge in [0.2, 0.25) is 5.75 Å². The van der Waals surface area contributed by atoms with Crippen molar-refractivity contribution in [3.05, 3.63) is 22.3 Å². The third kappa shape index (κ3) is 15.6. The molecular weight excluding hydrogens is 524 g/mol. The fraction of sp³-hybridized carbons (Fsp3) is 0.811. The molecule has 1 aromatic rings. The van der Waals surface area contributed by atoms with Gasteiger partial charge in [0.05, 0.1) is 6.61 Å². The van der Waals surface area contributed by atoms with Crippen molar-refractivity contribution in [2.75, 3.05) is 6.61 Å². The molecular formula is C37H66O5. The summed E-state index contributed by atoms with van der Waals surface area (Å²) in [6, 6.07) is 0. The fourth-order valence-corrected chi connectivity index (χ4v) is 5.97. The highest BCUT2D eigenvalue weighted by molar-refractivity contribution is 5.94. The zero-order valence-electron chi connectivity index (χ0n) is 28.0. The molecule has 1 aromatic carbocycles. The van der Waals surface area contributed by atoms with Gasteiger partial charge in [-0.2, -0.15) is 4.89 Å². The Morgan fingerprint density at radius 2 is 0.905 bits per heavy atom. The lowest BCUT2D eigenvalue weighted by atomic mass is 9.85. The Morgan fingerprint density at radius 3 is 1.36 bits per heavy atom. The van der Waals surface area contributed by atoms with Gasteiger partial charge in [-0.15, -0.1) is 0 Å². The van der Waals surface area contributed by atoms with Crippen LogP contribution in [0.2, 0.25) is 0 Å². The van der Waals surface area contributed by atoms with E-state index in [2.05, 4.69) is 27.7 Å². The minimum Gasteiger partial charge on any atom is -0.504 e. The number of carboxylic acids is 1. The molecule has 42 heavy (non-hydrogen) atoms. The number of phenols is 1. The van der Waals surface area contributed by atoms with Crippen LogP contribution in [-0.2, 0) is 24.2 Å². The largest absolute Gasteiger partial charge is 0.504 e. The summed E-state index contributed by atoms with van der Waals surface area (Å²) in [5.74, 6) is -1.07. The molecule has 0 saturated carbocycles. The van der Waals surface area contributed by atoms with Gasteiger partial charge >= 0.3 is 5.97 Å². The summed E-state index contributed by atoms with van der Waals surface area (Å²) in [7, 11) is 0. The van der Waals surface area contributed by atoms with Crippen LogP contribution in [0.4, 0.5) is 0 Å². The lowest BCUT2D eigenvalue weighted by Crippen LogP contribution is -2.14. The molecule has 2 N–H and O–H groups in total. The monoisotopic (exact) mass is 590 g/mol. The molecule has 0 fully saturated rings. The Kier molecular flexibility index (Phi) is 23.4. The average Bonchev–Trinajstić information content (AvgIpc) is 2.97. The summed E-state index contributed by atoms with van der Waals surface area (Å²) < 4.78 is 0. The molecule has 0 radical (unpaired) electrons. The molecule has 0 aliphatic heterocycles. The van der Waals surface area contributed by atoms with Gasteiger partial charge < -0.3 is 15.1 Å². The van der Waals surface area contributed by atoms with Gasteiger partial charge in [0.25, 0.3) is 0 Å². The van der Waals surface area contributed by atoms with Crippen LogP contribution >= 0.6 is 0 Å². The van der Waals surface area contributed by atoms with Crippen LogP contribution < -0.4 is 4.89 Å². The quantitative estimate of drug-likeness (QED) is 0.0551. The Morgan fingerprint density at radius 1 is 0.524 bits per heavy atom. The first kappa shape index (κ1) is 38.3. The molecule has 0 aromatic heterocycles. The molecule has 0 atom stereocenters. The van der Waals surface area contributed by atoms with Gasteiger partial charge in [-0.3, -0.25) is 0 Å². The smallest absolute Gasteiger partial charge is 0.339 e. The van der Waals surface area contributed by atoms with E-state index in [-0.39, 0.29) is 17.1 Å². The third-order valence-corrected chi connectivity index (χ3v) is 8.53. The number of carbonyl (C=O) groups is 1. The summed E-state index contributed by atoms with van der Waals surface area (Å²) in [5.41, 5.74) is 2.93. The first-order chi connectivity index (χ1) is 20.5. The minimum atomic E-state index is -1.07. The van der Waals surface area contributed by atoms with Crippen molar-refractivity contribution in [1.82, 2.24) is 0 Å². The summed E-state index contributed by atoms with van der Waals surface area (Å²) in [4.78, 5) is 24.1. The van der Waals surface area contributed by atoms with Crippen LogP contribution in [0.3, 0.4) is 0 Å². The molecule has 0 aliphatic carbocycles. The zero-order valence-corrected chi connectivity index (χ0v) is 28.0. The van der Waals surface area contributed by atoms with Crippen LogP contribution in [0.5, 0.6) is 11.5 Å². The maximum absolute atomic E-state index is 12.6. The van der Waals surface area contributed by atoms with Gasteiger partial charge in [-0.05, 0) is 56.1 Å². The maximum Gasteiger partial charge on any atom is 0.339 e. The van der Waals surface area contributed by atoms with E-state index in [1.165, 1.54) is 83.5 Å². The molecule has 0 bridgehead atoms. The highest BCUT2D eigenvalue weighted by Crippen LogP contribution is 2.42. The summed E-state index contributed by atoms with van der Waals surface area (Å²) in [6.07, 6.45) is 27.6. The molecule has 0 aliphatic rings. The van der Waals surface area contributed by atoms with Crippen molar-refractivity contribution in [1.29, 1.82) is 0 Å². The summed E-state index contributed by atoms with van der Waals surface area (Å²) in [6.45, 7) is 9.33. The Balaban J connectivity index is 3.26. The van der Waals surface area contributed by atoms with Crippen LogP contribution in [0, 0.1) is 0 Å². The lowest BCUT2D eigenvalue weighted by molar-refractivity contribution is -0.208. The number of carboxylic acid groups (broad SMARTS) is 1. The van der Waals surface area contributed by atoms with Crippen molar-refractivity contribution in [3.63, 3.8) is 0 Å². The molecule has 0 heterocycles. The topological polar surface area (TPSA) is 76.0 Å². The standard InChI is InChI=1S/C37H66O5/c1-5-9-13-17-18-22-26-30-41-42-36-33(29-25-21-16-12-8-4)31(27-23-19-14-10-6-2)32(28-24-20-15-11-7-3)34(35(36)38)37(39)40/h38H,5-30H2,1-4H3,(H,39,40). The number of aromatic carboxylic acids is 1. The predicted octanol–water partition coefficient (Wildman–Crippen LogP) is 11.7. The molecule has 0 saturated heterocycles. The molecule has 244 valence electrons. The number of hydrogen-bond acceptors (Lipinski definition) is 4. The van der Waals surface area contributed by atoms with Crippen LogP contribution in [0.15, 0.2) is 0 Å². The van der Waals surface area contributed by atoms with Gasteiger partial charge in [-0.1, -0.05) is 143 Å². The Bertz CT molecular complexity index is 819. The van der Waals surface area contributed by atoms with Crippen LogP contribution in [-0.4, -0.2) is 22.8 Å². The molecule has 5 heteroatoms. The number of benzene rings is 1. The number of hydrogen-bond donors (Lipinski definition) is 2. The SMILES string of the molecule is CCCCCCCCCOOc1c(O)c(C(=O)O)c(CCCCCCC)c(CCCCCCC)c1CCCCCCC.